The maximum Gasteiger partial charge on any atom is 0.0272 e. The highest BCUT2D eigenvalue weighted by Gasteiger charge is 2.32. The second kappa shape index (κ2) is 4.84. The van der Waals surface area contributed by atoms with Gasteiger partial charge in [0.25, 0.3) is 0 Å². The minimum atomic E-state index is 0.267. The van der Waals surface area contributed by atoms with Crippen molar-refractivity contribution in [3.05, 3.63) is 0 Å². The zero-order valence-electron chi connectivity index (χ0n) is 11.4. The highest BCUT2D eigenvalue weighted by Crippen LogP contribution is 2.25. The van der Waals surface area contributed by atoms with Gasteiger partial charge in [-0.25, -0.2) is 10.0 Å². The molecule has 15 heavy (non-hydrogen) atoms. The molecule has 0 N–H and O–H groups in total. The Bertz CT molecular complexity index is 193. The highest BCUT2D eigenvalue weighted by molar-refractivity contribution is 4.81. The number of hydrogen-bond donors (Lipinski definition) is 0. The van der Waals surface area contributed by atoms with E-state index in [9.17, 15) is 0 Å². The number of hydrazine groups is 1. The summed E-state index contributed by atoms with van der Waals surface area (Å²) >= 11 is 0. The van der Waals surface area contributed by atoms with Crippen molar-refractivity contribution in [3.8, 4) is 0 Å². The molecular weight excluding hydrogens is 184 g/mol. The Hall–Kier alpha value is -0.0800. The van der Waals surface area contributed by atoms with Crippen LogP contribution in [0.25, 0.3) is 0 Å². The molecule has 1 heterocycles. The Balaban J connectivity index is 2.74. The van der Waals surface area contributed by atoms with Crippen molar-refractivity contribution in [2.45, 2.75) is 66.0 Å². The van der Waals surface area contributed by atoms with Gasteiger partial charge in [-0.3, -0.25) is 0 Å². The van der Waals surface area contributed by atoms with Crippen LogP contribution in [0.5, 0.6) is 0 Å². The van der Waals surface area contributed by atoms with Crippen LogP contribution in [-0.2, 0) is 0 Å². The molecule has 0 aromatic carbocycles. The Kier molecular flexibility index (Phi) is 4.19. The third kappa shape index (κ3) is 3.18. The maximum atomic E-state index is 2.59. The lowest BCUT2D eigenvalue weighted by Crippen LogP contribution is -2.59. The molecular formula is C13H28N2. The summed E-state index contributed by atoms with van der Waals surface area (Å²) in [6, 6.07) is 0.657. The Morgan fingerprint density at radius 3 is 1.93 bits per heavy atom. The predicted octanol–water partition coefficient (Wildman–Crippen LogP) is 3.14. The Morgan fingerprint density at radius 2 is 1.47 bits per heavy atom. The van der Waals surface area contributed by atoms with Crippen molar-refractivity contribution >= 4 is 0 Å². The van der Waals surface area contributed by atoms with Crippen molar-refractivity contribution in [2.24, 2.45) is 5.92 Å². The first kappa shape index (κ1) is 13.0. The van der Waals surface area contributed by atoms with Crippen LogP contribution in [0.15, 0.2) is 0 Å². The summed E-state index contributed by atoms with van der Waals surface area (Å²) < 4.78 is 0. The quantitative estimate of drug-likeness (QED) is 0.694. The van der Waals surface area contributed by atoms with Gasteiger partial charge in [0.05, 0.1) is 0 Å². The largest absolute Gasteiger partial charge is 0.238 e. The lowest BCUT2D eigenvalue weighted by Gasteiger charge is -2.50. The summed E-state index contributed by atoms with van der Waals surface area (Å²) in [5.74, 6) is 0.730. The normalized spacial score (nSPS) is 23.4. The molecule has 0 radical (unpaired) electrons. The first-order valence-corrected chi connectivity index (χ1v) is 6.38. The van der Waals surface area contributed by atoms with Crippen LogP contribution in [0.4, 0.5) is 0 Å². The third-order valence-electron chi connectivity index (χ3n) is 3.53. The van der Waals surface area contributed by atoms with Crippen molar-refractivity contribution in [1.82, 2.24) is 10.0 Å². The van der Waals surface area contributed by atoms with E-state index in [2.05, 4.69) is 51.6 Å². The molecule has 0 amide bonds. The summed E-state index contributed by atoms with van der Waals surface area (Å²) in [6.45, 7) is 16.4. The summed E-state index contributed by atoms with van der Waals surface area (Å²) in [5.41, 5.74) is 0.267. The fourth-order valence-electron chi connectivity index (χ4n) is 2.27. The molecule has 1 aliphatic heterocycles. The monoisotopic (exact) mass is 212 g/mol. The summed E-state index contributed by atoms with van der Waals surface area (Å²) in [5, 5.41) is 5.16. The molecule has 1 fully saturated rings. The topological polar surface area (TPSA) is 6.48 Å². The molecule has 0 aliphatic carbocycles. The van der Waals surface area contributed by atoms with Crippen LogP contribution in [0, 0.1) is 5.92 Å². The average molecular weight is 212 g/mol. The molecule has 2 heteroatoms. The van der Waals surface area contributed by atoms with E-state index < -0.39 is 0 Å². The molecule has 2 nitrogen and oxygen atoms in total. The zero-order chi connectivity index (χ0) is 11.6. The zero-order valence-corrected chi connectivity index (χ0v) is 11.4. The van der Waals surface area contributed by atoms with Gasteiger partial charge in [-0.1, -0.05) is 13.8 Å². The van der Waals surface area contributed by atoms with Gasteiger partial charge in [-0.15, -0.1) is 0 Å². The van der Waals surface area contributed by atoms with Gasteiger partial charge in [0, 0.05) is 24.7 Å². The molecule has 1 rings (SSSR count). The molecule has 1 saturated heterocycles. The van der Waals surface area contributed by atoms with E-state index in [0.717, 1.165) is 5.92 Å². The first-order chi connectivity index (χ1) is 6.84. The molecule has 1 aliphatic rings. The minimum absolute atomic E-state index is 0.267. The van der Waals surface area contributed by atoms with Gasteiger partial charge in [0.1, 0.15) is 0 Å². The summed E-state index contributed by atoms with van der Waals surface area (Å²) in [4.78, 5) is 0. The van der Waals surface area contributed by atoms with Crippen LogP contribution in [0.2, 0.25) is 0 Å². The second-order valence-electron chi connectivity index (χ2n) is 6.15. The highest BCUT2D eigenvalue weighted by atomic mass is 15.7. The van der Waals surface area contributed by atoms with E-state index in [1.54, 1.807) is 0 Å². The van der Waals surface area contributed by atoms with Gasteiger partial charge < -0.3 is 0 Å². The van der Waals surface area contributed by atoms with Gasteiger partial charge in [-0.05, 0) is 46.5 Å². The standard InChI is InChI=1S/C13H28N2/c1-11(2)12(3)14-9-7-8-10-15(14)13(4,5)6/h11-12H,7-10H2,1-6H3. The Morgan fingerprint density at radius 1 is 0.933 bits per heavy atom. The number of rotatable bonds is 2. The smallest absolute Gasteiger partial charge is 0.0272 e. The van der Waals surface area contributed by atoms with Crippen molar-refractivity contribution in [3.63, 3.8) is 0 Å². The van der Waals surface area contributed by atoms with E-state index in [1.165, 1.54) is 25.9 Å². The van der Waals surface area contributed by atoms with Crippen molar-refractivity contribution < 1.29 is 0 Å². The molecule has 0 spiro atoms. The molecule has 0 saturated carbocycles. The van der Waals surface area contributed by atoms with Crippen molar-refractivity contribution in [2.75, 3.05) is 13.1 Å². The molecule has 0 aromatic heterocycles. The van der Waals surface area contributed by atoms with E-state index in [-0.39, 0.29) is 5.54 Å². The molecule has 0 bridgehead atoms. The number of hydrogen-bond acceptors (Lipinski definition) is 2. The fraction of sp³-hybridized carbons (Fsp3) is 1.00. The molecule has 0 aromatic rings. The van der Waals surface area contributed by atoms with Crippen LogP contribution in [-0.4, -0.2) is 34.7 Å². The maximum absolute atomic E-state index is 2.59. The van der Waals surface area contributed by atoms with Gasteiger partial charge in [-0.2, -0.15) is 0 Å². The van der Waals surface area contributed by atoms with Crippen LogP contribution < -0.4 is 0 Å². The van der Waals surface area contributed by atoms with Crippen LogP contribution in [0.3, 0.4) is 0 Å². The molecule has 1 atom stereocenters. The lowest BCUT2D eigenvalue weighted by molar-refractivity contribution is -0.141. The second-order valence-corrected chi connectivity index (χ2v) is 6.15. The van der Waals surface area contributed by atoms with Gasteiger partial charge in [0.15, 0.2) is 0 Å². The summed E-state index contributed by atoms with van der Waals surface area (Å²) in [7, 11) is 0. The first-order valence-electron chi connectivity index (χ1n) is 6.38. The molecule has 1 unspecified atom stereocenters. The van der Waals surface area contributed by atoms with E-state index in [0.29, 0.717) is 6.04 Å². The average Bonchev–Trinajstić information content (AvgIpc) is 2.15. The van der Waals surface area contributed by atoms with Gasteiger partial charge >= 0.3 is 0 Å². The fourth-order valence-corrected chi connectivity index (χ4v) is 2.27. The van der Waals surface area contributed by atoms with Crippen LogP contribution >= 0.6 is 0 Å². The Labute approximate surface area is 95.6 Å². The molecule has 90 valence electrons. The lowest BCUT2D eigenvalue weighted by atomic mass is 10.0. The third-order valence-corrected chi connectivity index (χ3v) is 3.53. The van der Waals surface area contributed by atoms with E-state index >= 15 is 0 Å². The van der Waals surface area contributed by atoms with Crippen LogP contribution in [0.1, 0.15) is 54.4 Å². The minimum Gasteiger partial charge on any atom is -0.238 e. The summed E-state index contributed by atoms with van der Waals surface area (Å²) in [6.07, 6.45) is 2.70. The van der Waals surface area contributed by atoms with Crippen molar-refractivity contribution in [1.29, 1.82) is 0 Å². The van der Waals surface area contributed by atoms with Gasteiger partial charge in [0.2, 0.25) is 0 Å². The van der Waals surface area contributed by atoms with E-state index in [1.807, 2.05) is 0 Å². The predicted molar refractivity (Wildman–Crippen MR) is 66.7 cm³/mol. The number of nitrogens with zero attached hydrogens (tertiary/aromatic N) is 2. The SMILES string of the molecule is CC(C)C(C)N1CCCCN1C(C)(C)C. The van der Waals surface area contributed by atoms with E-state index in [4.69, 9.17) is 0 Å².